The Morgan fingerprint density at radius 3 is 2.06 bits per heavy atom. The largest absolute Gasteiger partial charge is 0.493 e. The second kappa shape index (κ2) is 12.7. The van der Waals surface area contributed by atoms with Gasteiger partial charge >= 0.3 is 23.9 Å². The normalized spacial score (nSPS) is 23.0. The van der Waals surface area contributed by atoms with Gasteiger partial charge in [-0.2, -0.15) is 0 Å². The Hall–Kier alpha value is -3.87. The maximum absolute atomic E-state index is 12.0. The van der Waals surface area contributed by atoms with Gasteiger partial charge in [-0.25, -0.2) is 4.79 Å². The first-order chi connectivity index (χ1) is 17.0. The number of carbonyl (C=O) groups excluding carboxylic acids is 5. The number of nitrogens with one attached hydrogen (secondary N) is 1. The van der Waals surface area contributed by atoms with Gasteiger partial charge in [-0.05, 0) is 18.2 Å². The summed E-state index contributed by atoms with van der Waals surface area (Å²) in [5.41, 5.74) is 0.185. The summed E-state index contributed by atoms with van der Waals surface area (Å²) in [4.78, 5) is 59.1. The highest BCUT2D eigenvalue weighted by molar-refractivity contribution is 5.90. The first kappa shape index (κ1) is 28.4. The molecule has 36 heavy (non-hydrogen) atoms. The van der Waals surface area contributed by atoms with Crippen LogP contribution < -0.4 is 14.8 Å². The molecule has 1 aliphatic rings. The molecule has 0 bridgehead atoms. The first-order valence-electron chi connectivity index (χ1n) is 10.8. The molecule has 1 aromatic rings. The smallest absolute Gasteiger partial charge is 0.337 e. The van der Waals surface area contributed by atoms with Crippen LogP contribution in [0, 0.1) is 0 Å². The maximum atomic E-state index is 12.0. The van der Waals surface area contributed by atoms with Crippen LogP contribution in [0.2, 0.25) is 0 Å². The van der Waals surface area contributed by atoms with E-state index >= 15 is 0 Å². The van der Waals surface area contributed by atoms with Crippen molar-refractivity contribution in [1.82, 2.24) is 5.32 Å². The molecule has 1 heterocycles. The summed E-state index contributed by atoms with van der Waals surface area (Å²) < 4.78 is 37.7. The third-order valence-corrected chi connectivity index (χ3v) is 4.90. The molecule has 1 fully saturated rings. The summed E-state index contributed by atoms with van der Waals surface area (Å²) in [7, 11) is 2.57. The van der Waals surface area contributed by atoms with E-state index in [1.807, 2.05) is 0 Å². The molecule has 1 aliphatic heterocycles. The maximum Gasteiger partial charge on any atom is 0.337 e. The molecular formula is C23H29NO12. The molecule has 198 valence electrons. The summed E-state index contributed by atoms with van der Waals surface area (Å²) in [5.74, 6) is -3.00. The molecule has 0 aromatic heterocycles. The second-order valence-electron chi connectivity index (χ2n) is 7.69. The Balaban J connectivity index is 2.52. The summed E-state index contributed by atoms with van der Waals surface area (Å²) in [6.45, 7) is 4.29. The number of rotatable bonds is 9. The minimum Gasteiger partial charge on any atom is -0.493 e. The lowest BCUT2D eigenvalue weighted by atomic mass is 9.96. The highest BCUT2D eigenvalue weighted by atomic mass is 16.7. The average Bonchev–Trinajstić information content (AvgIpc) is 2.80. The van der Waals surface area contributed by atoms with E-state index in [4.69, 9.17) is 33.2 Å². The molecule has 2 rings (SSSR count). The molecule has 0 spiro atoms. The van der Waals surface area contributed by atoms with E-state index in [-0.39, 0.29) is 23.7 Å². The van der Waals surface area contributed by atoms with Crippen LogP contribution in [0.1, 0.15) is 38.1 Å². The lowest BCUT2D eigenvalue weighted by Crippen LogP contribution is -2.67. The van der Waals surface area contributed by atoms with Crippen molar-refractivity contribution in [3.8, 4) is 11.5 Å². The monoisotopic (exact) mass is 511 g/mol. The molecule has 1 saturated heterocycles. The Kier molecular flexibility index (Phi) is 10.0. The third kappa shape index (κ3) is 7.57. The number of methoxy groups -OCH3 is 2. The summed E-state index contributed by atoms with van der Waals surface area (Å²) in [6.07, 6.45) is -5.03. The molecular weight excluding hydrogens is 482 g/mol. The van der Waals surface area contributed by atoms with Gasteiger partial charge in [0.05, 0.1) is 19.8 Å². The molecule has 13 nitrogen and oxygen atoms in total. The van der Waals surface area contributed by atoms with Crippen molar-refractivity contribution in [2.45, 2.75) is 58.3 Å². The number of carbonyl (C=O) groups is 5. The van der Waals surface area contributed by atoms with Crippen molar-refractivity contribution >= 4 is 29.8 Å². The number of hydrogen-bond acceptors (Lipinski definition) is 12. The molecule has 0 unspecified atom stereocenters. The summed E-state index contributed by atoms with van der Waals surface area (Å²) in [6, 6.07) is 3.04. The highest BCUT2D eigenvalue weighted by Crippen LogP contribution is 2.34. The van der Waals surface area contributed by atoms with E-state index in [0.29, 0.717) is 0 Å². The van der Waals surface area contributed by atoms with Crippen LogP contribution in [0.15, 0.2) is 18.2 Å². The second-order valence-corrected chi connectivity index (χ2v) is 7.69. The van der Waals surface area contributed by atoms with Gasteiger partial charge in [0, 0.05) is 27.7 Å². The van der Waals surface area contributed by atoms with Crippen LogP contribution in [-0.4, -0.2) is 81.3 Å². The molecule has 0 aliphatic carbocycles. The zero-order chi connectivity index (χ0) is 27.0. The number of benzene rings is 1. The van der Waals surface area contributed by atoms with E-state index < -0.39 is 60.4 Å². The lowest BCUT2D eigenvalue weighted by molar-refractivity contribution is -0.257. The van der Waals surface area contributed by atoms with Crippen LogP contribution in [0.4, 0.5) is 0 Å². The van der Waals surface area contributed by atoms with Crippen molar-refractivity contribution in [3.05, 3.63) is 23.8 Å². The number of ether oxygens (including phenoxy) is 7. The fraction of sp³-hybridized carbons (Fsp3) is 0.522. The van der Waals surface area contributed by atoms with Crippen LogP contribution in [0.25, 0.3) is 0 Å². The molecule has 0 saturated carbocycles. The van der Waals surface area contributed by atoms with E-state index in [2.05, 4.69) is 5.32 Å². The molecule has 13 heteroatoms. The zero-order valence-electron chi connectivity index (χ0n) is 20.7. The van der Waals surface area contributed by atoms with E-state index in [1.165, 1.54) is 46.3 Å². The van der Waals surface area contributed by atoms with Crippen LogP contribution in [-0.2, 0) is 42.9 Å². The minimum absolute atomic E-state index is 0.101. The van der Waals surface area contributed by atoms with E-state index in [1.54, 1.807) is 0 Å². The van der Waals surface area contributed by atoms with Gasteiger partial charge < -0.3 is 38.5 Å². The summed E-state index contributed by atoms with van der Waals surface area (Å²) >= 11 is 0. The highest BCUT2D eigenvalue weighted by Gasteiger charge is 2.52. The standard InChI is InChI=1S/C23H29NO12/c1-11(25)24-19-21(34-14(4)28)20(33-13(3)27)18(10-32-12(2)26)36-23(19)35-16-8-7-15(22(29)31-6)9-17(16)30-5/h7-9,18-21,23H,10H2,1-6H3,(H,24,25)/t18-,19+,20-,21+,23+/m1/s1. The van der Waals surface area contributed by atoms with Crippen molar-refractivity contribution in [3.63, 3.8) is 0 Å². The van der Waals surface area contributed by atoms with Gasteiger partial charge in [-0.3, -0.25) is 19.2 Å². The average molecular weight is 511 g/mol. The Morgan fingerprint density at radius 1 is 0.889 bits per heavy atom. The van der Waals surface area contributed by atoms with Crippen molar-refractivity contribution in [1.29, 1.82) is 0 Å². The number of esters is 4. The van der Waals surface area contributed by atoms with Gasteiger partial charge in [-0.15, -0.1) is 0 Å². The Bertz CT molecular complexity index is 993. The minimum atomic E-state index is -1.34. The van der Waals surface area contributed by atoms with Gasteiger partial charge in [0.1, 0.15) is 18.8 Å². The van der Waals surface area contributed by atoms with Crippen LogP contribution in [0.3, 0.4) is 0 Å². The fourth-order valence-corrected chi connectivity index (χ4v) is 3.53. The van der Waals surface area contributed by atoms with Gasteiger partial charge in [-0.1, -0.05) is 0 Å². The fourth-order valence-electron chi connectivity index (χ4n) is 3.53. The zero-order valence-corrected chi connectivity index (χ0v) is 20.7. The predicted molar refractivity (Wildman–Crippen MR) is 119 cm³/mol. The topological polar surface area (TPSA) is 162 Å². The molecule has 1 amide bonds. The lowest BCUT2D eigenvalue weighted by Gasteiger charge is -2.44. The van der Waals surface area contributed by atoms with E-state index in [0.717, 1.165) is 13.8 Å². The van der Waals surface area contributed by atoms with Crippen molar-refractivity contribution < 1.29 is 57.1 Å². The van der Waals surface area contributed by atoms with Gasteiger partial charge in [0.25, 0.3) is 0 Å². The third-order valence-electron chi connectivity index (χ3n) is 4.90. The summed E-state index contributed by atoms with van der Waals surface area (Å²) in [5, 5.41) is 2.59. The number of amides is 1. The Labute approximate surface area is 207 Å². The van der Waals surface area contributed by atoms with E-state index in [9.17, 15) is 24.0 Å². The quantitative estimate of drug-likeness (QED) is 0.362. The van der Waals surface area contributed by atoms with Gasteiger partial charge in [0.15, 0.2) is 23.7 Å². The molecule has 0 radical (unpaired) electrons. The first-order valence-corrected chi connectivity index (χ1v) is 10.8. The van der Waals surface area contributed by atoms with Crippen LogP contribution in [0.5, 0.6) is 11.5 Å². The van der Waals surface area contributed by atoms with Crippen LogP contribution >= 0.6 is 0 Å². The SMILES string of the molecule is COC(=O)c1ccc(O[C@H]2O[C@H](COC(C)=O)[C@@H](OC(C)=O)[C@@H](OC(C)=O)[C@@H]2NC(C)=O)c(OC)c1. The Morgan fingerprint density at radius 2 is 1.53 bits per heavy atom. The van der Waals surface area contributed by atoms with Gasteiger partial charge in [0.2, 0.25) is 12.2 Å². The number of hydrogen-bond donors (Lipinski definition) is 1. The molecule has 1 N–H and O–H groups in total. The van der Waals surface area contributed by atoms with Crippen molar-refractivity contribution in [2.24, 2.45) is 0 Å². The van der Waals surface area contributed by atoms with Crippen molar-refractivity contribution in [2.75, 3.05) is 20.8 Å². The predicted octanol–water partition coefficient (Wildman–Crippen LogP) is 0.517. The molecule has 5 atom stereocenters. The molecule has 1 aromatic carbocycles.